The number of carboxylic acid groups (broad SMARTS) is 1. The second kappa shape index (κ2) is 8.02. The number of nitrogens with one attached hydrogen (secondary N) is 1. The van der Waals surface area contributed by atoms with Crippen molar-refractivity contribution >= 4 is 27.9 Å². The first-order valence-electron chi connectivity index (χ1n) is 6.85. The summed E-state index contributed by atoms with van der Waals surface area (Å²) in [6.45, 7) is 5.83. The van der Waals surface area contributed by atoms with Crippen LogP contribution in [-0.2, 0) is 4.79 Å². The Morgan fingerprint density at radius 2 is 2.00 bits per heavy atom. The monoisotopic (exact) mass is 356 g/mol. The van der Waals surface area contributed by atoms with E-state index in [-0.39, 0.29) is 31.1 Å². The lowest BCUT2D eigenvalue weighted by Gasteiger charge is -2.28. The highest BCUT2D eigenvalue weighted by atomic mass is 79.9. The molecule has 6 heteroatoms. The van der Waals surface area contributed by atoms with Crippen LogP contribution >= 0.6 is 15.9 Å². The number of urea groups is 1. The minimum absolute atomic E-state index is 0.0564. The number of halogens is 1. The zero-order chi connectivity index (χ0) is 16.0. The molecular weight excluding hydrogens is 336 g/mol. The Kier molecular flexibility index (Phi) is 6.68. The quantitative estimate of drug-likeness (QED) is 0.820. The normalized spacial score (nSPS) is 12.0. The second-order valence-electron chi connectivity index (χ2n) is 5.16. The van der Waals surface area contributed by atoms with Crippen LogP contribution in [0.1, 0.15) is 38.8 Å². The molecule has 1 aromatic carbocycles. The SMILES string of the molecule is CC(NC(=O)N(CCC(=O)O)C(C)C)c1cccc(Br)c1. The van der Waals surface area contributed by atoms with Gasteiger partial charge in [0.25, 0.3) is 0 Å². The first-order valence-corrected chi connectivity index (χ1v) is 7.65. The van der Waals surface area contributed by atoms with Crippen LogP contribution in [-0.4, -0.2) is 34.6 Å². The Labute approximate surface area is 133 Å². The maximum Gasteiger partial charge on any atom is 0.318 e. The predicted octanol–water partition coefficient (Wildman–Crippen LogP) is 3.40. The maximum atomic E-state index is 12.3. The van der Waals surface area contributed by atoms with Crippen LogP contribution in [0.15, 0.2) is 28.7 Å². The summed E-state index contributed by atoms with van der Waals surface area (Å²) in [6, 6.07) is 7.26. The molecule has 1 atom stereocenters. The summed E-state index contributed by atoms with van der Waals surface area (Å²) >= 11 is 3.40. The van der Waals surface area contributed by atoms with Crippen LogP contribution in [0.3, 0.4) is 0 Å². The average Bonchev–Trinajstić information content (AvgIpc) is 2.37. The molecule has 1 aromatic rings. The zero-order valence-corrected chi connectivity index (χ0v) is 14.1. The van der Waals surface area contributed by atoms with E-state index in [9.17, 15) is 9.59 Å². The van der Waals surface area contributed by atoms with Crippen molar-refractivity contribution in [2.24, 2.45) is 0 Å². The van der Waals surface area contributed by atoms with Crippen molar-refractivity contribution in [3.05, 3.63) is 34.3 Å². The van der Waals surface area contributed by atoms with E-state index in [4.69, 9.17) is 5.11 Å². The minimum atomic E-state index is -0.909. The van der Waals surface area contributed by atoms with Crippen molar-refractivity contribution in [3.8, 4) is 0 Å². The van der Waals surface area contributed by atoms with E-state index < -0.39 is 5.97 Å². The van der Waals surface area contributed by atoms with Gasteiger partial charge in [0.2, 0.25) is 0 Å². The fourth-order valence-electron chi connectivity index (χ4n) is 1.94. The van der Waals surface area contributed by atoms with Crippen molar-refractivity contribution < 1.29 is 14.7 Å². The molecule has 0 aliphatic heterocycles. The van der Waals surface area contributed by atoms with E-state index in [2.05, 4.69) is 21.2 Å². The van der Waals surface area contributed by atoms with Crippen LogP contribution < -0.4 is 5.32 Å². The van der Waals surface area contributed by atoms with Crippen molar-refractivity contribution in [2.75, 3.05) is 6.54 Å². The summed E-state index contributed by atoms with van der Waals surface area (Å²) in [6.07, 6.45) is -0.0587. The molecule has 1 rings (SSSR count). The van der Waals surface area contributed by atoms with Gasteiger partial charge >= 0.3 is 12.0 Å². The lowest BCUT2D eigenvalue weighted by Crippen LogP contribution is -2.45. The number of hydrogen-bond donors (Lipinski definition) is 2. The number of amides is 2. The van der Waals surface area contributed by atoms with E-state index in [0.29, 0.717) is 0 Å². The van der Waals surface area contributed by atoms with Gasteiger partial charge < -0.3 is 15.3 Å². The number of carboxylic acids is 1. The maximum absolute atomic E-state index is 12.3. The van der Waals surface area contributed by atoms with E-state index in [0.717, 1.165) is 10.0 Å². The molecule has 2 amide bonds. The van der Waals surface area contributed by atoms with Gasteiger partial charge in [-0.1, -0.05) is 28.1 Å². The van der Waals surface area contributed by atoms with Gasteiger partial charge in [0.05, 0.1) is 12.5 Å². The molecule has 0 saturated carbocycles. The molecule has 0 heterocycles. The van der Waals surface area contributed by atoms with Crippen molar-refractivity contribution in [2.45, 2.75) is 39.3 Å². The van der Waals surface area contributed by atoms with Crippen LogP contribution in [0.2, 0.25) is 0 Å². The zero-order valence-electron chi connectivity index (χ0n) is 12.5. The lowest BCUT2D eigenvalue weighted by atomic mass is 10.1. The van der Waals surface area contributed by atoms with E-state index >= 15 is 0 Å². The first kappa shape index (κ1) is 17.5. The number of benzene rings is 1. The smallest absolute Gasteiger partial charge is 0.318 e. The Morgan fingerprint density at radius 3 is 2.52 bits per heavy atom. The highest BCUT2D eigenvalue weighted by Gasteiger charge is 2.20. The van der Waals surface area contributed by atoms with Crippen LogP contribution in [0, 0.1) is 0 Å². The van der Waals surface area contributed by atoms with Gasteiger partial charge in [0.15, 0.2) is 0 Å². The van der Waals surface area contributed by atoms with Crippen LogP contribution in [0.5, 0.6) is 0 Å². The van der Waals surface area contributed by atoms with Gasteiger partial charge in [-0.15, -0.1) is 0 Å². The molecule has 1 unspecified atom stereocenters. The van der Waals surface area contributed by atoms with Gasteiger partial charge in [-0.3, -0.25) is 4.79 Å². The van der Waals surface area contributed by atoms with Crippen LogP contribution in [0.25, 0.3) is 0 Å². The Bertz CT molecular complexity index is 505. The third-order valence-electron chi connectivity index (χ3n) is 3.14. The molecule has 0 bridgehead atoms. The summed E-state index contributed by atoms with van der Waals surface area (Å²) in [7, 11) is 0. The van der Waals surface area contributed by atoms with Crippen molar-refractivity contribution in [3.63, 3.8) is 0 Å². The molecular formula is C15H21BrN2O3. The lowest BCUT2D eigenvalue weighted by molar-refractivity contribution is -0.137. The molecule has 0 fully saturated rings. The molecule has 5 nitrogen and oxygen atoms in total. The third-order valence-corrected chi connectivity index (χ3v) is 3.63. The summed E-state index contributed by atoms with van der Waals surface area (Å²) in [5.41, 5.74) is 0.986. The molecule has 0 radical (unpaired) electrons. The number of nitrogens with zero attached hydrogens (tertiary/aromatic N) is 1. The first-order chi connectivity index (χ1) is 9.81. The minimum Gasteiger partial charge on any atom is -0.481 e. The van der Waals surface area contributed by atoms with Crippen molar-refractivity contribution in [1.82, 2.24) is 10.2 Å². The highest BCUT2D eigenvalue weighted by molar-refractivity contribution is 9.10. The summed E-state index contributed by atoms with van der Waals surface area (Å²) in [5.74, 6) is -0.909. The largest absolute Gasteiger partial charge is 0.481 e. The Balaban J connectivity index is 2.70. The molecule has 2 N–H and O–H groups in total. The van der Waals surface area contributed by atoms with E-state index in [1.807, 2.05) is 45.0 Å². The van der Waals surface area contributed by atoms with Crippen LogP contribution in [0.4, 0.5) is 4.79 Å². The molecule has 0 aliphatic carbocycles. The topological polar surface area (TPSA) is 69.6 Å². The van der Waals surface area contributed by atoms with Crippen molar-refractivity contribution in [1.29, 1.82) is 0 Å². The fourth-order valence-corrected chi connectivity index (χ4v) is 2.35. The van der Waals surface area contributed by atoms with Gasteiger partial charge in [0.1, 0.15) is 0 Å². The summed E-state index contributed by atoms with van der Waals surface area (Å²) in [4.78, 5) is 24.5. The molecule has 0 aromatic heterocycles. The number of rotatable bonds is 6. The Hall–Kier alpha value is -1.56. The van der Waals surface area contributed by atoms with Gasteiger partial charge in [-0.2, -0.15) is 0 Å². The number of carbonyl (C=O) groups is 2. The highest BCUT2D eigenvalue weighted by Crippen LogP contribution is 2.18. The number of carbonyl (C=O) groups excluding carboxylic acids is 1. The molecule has 21 heavy (non-hydrogen) atoms. The standard InChI is InChI=1S/C15H21BrN2O3/c1-10(2)18(8-7-14(19)20)15(21)17-11(3)12-5-4-6-13(16)9-12/h4-6,9-11H,7-8H2,1-3H3,(H,17,21)(H,19,20). The summed E-state index contributed by atoms with van der Waals surface area (Å²) in [5, 5.41) is 11.7. The summed E-state index contributed by atoms with van der Waals surface area (Å²) < 4.78 is 0.952. The molecule has 116 valence electrons. The molecule has 0 spiro atoms. The van der Waals surface area contributed by atoms with Gasteiger partial charge in [-0.05, 0) is 38.5 Å². The number of hydrogen-bond acceptors (Lipinski definition) is 2. The van der Waals surface area contributed by atoms with E-state index in [1.165, 1.54) is 4.90 Å². The number of aliphatic carboxylic acids is 1. The molecule has 0 saturated heterocycles. The predicted molar refractivity (Wildman–Crippen MR) is 85.2 cm³/mol. The average molecular weight is 357 g/mol. The van der Waals surface area contributed by atoms with Gasteiger partial charge in [0, 0.05) is 17.1 Å². The third kappa shape index (κ3) is 5.75. The Morgan fingerprint density at radius 1 is 1.33 bits per heavy atom. The van der Waals surface area contributed by atoms with Gasteiger partial charge in [-0.25, -0.2) is 4.79 Å². The van der Waals surface area contributed by atoms with E-state index in [1.54, 1.807) is 0 Å². The second-order valence-corrected chi connectivity index (χ2v) is 6.07. The molecule has 0 aliphatic rings. The fraction of sp³-hybridized carbons (Fsp3) is 0.467.